The number of nitrogen functional groups attached to an aromatic ring is 1. The highest BCUT2D eigenvalue weighted by atomic mass is 32.1. The summed E-state index contributed by atoms with van der Waals surface area (Å²) >= 11 is 1.48. The molecular formula is C18H21N5O2S. The van der Waals surface area contributed by atoms with Gasteiger partial charge >= 0.3 is 5.97 Å². The van der Waals surface area contributed by atoms with Crippen LogP contribution in [0, 0.1) is 0 Å². The van der Waals surface area contributed by atoms with Crippen LogP contribution in [0.5, 0.6) is 0 Å². The zero-order valence-electron chi connectivity index (χ0n) is 14.6. The summed E-state index contributed by atoms with van der Waals surface area (Å²) in [5.41, 5.74) is 9.17. The molecular weight excluding hydrogens is 350 g/mol. The number of carbonyl (C=O) groups is 1. The fourth-order valence-corrected chi connectivity index (χ4v) is 4.17. The highest BCUT2D eigenvalue weighted by Crippen LogP contribution is 2.31. The third-order valence-electron chi connectivity index (χ3n) is 4.62. The maximum atomic E-state index is 11.9. The van der Waals surface area contributed by atoms with Crippen molar-refractivity contribution in [2.24, 2.45) is 0 Å². The molecule has 3 N–H and O–H groups in total. The number of nitrogens with zero attached hydrogens (tertiary/aromatic N) is 3. The van der Waals surface area contributed by atoms with Crippen LogP contribution in [0.4, 0.5) is 5.82 Å². The Hall–Kier alpha value is -2.45. The normalized spacial score (nSPS) is 17.5. The second-order valence-corrected chi connectivity index (χ2v) is 7.26. The van der Waals surface area contributed by atoms with Gasteiger partial charge in [-0.05, 0) is 32.4 Å². The minimum atomic E-state index is -0.311. The summed E-state index contributed by atoms with van der Waals surface area (Å²) in [6, 6.07) is 1.83. The van der Waals surface area contributed by atoms with E-state index >= 15 is 0 Å². The van der Waals surface area contributed by atoms with Crippen molar-refractivity contribution in [1.29, 1.82) is 0 Å². The molecule has 1 saturated heterocycles. The number of aromatic nitrogens is 3. The van der Waals surface area contributed by atoms with E-state index in [0.717, 1.165) is 42.2 Å². The van der Waals surface area contributed by atoms with Gasteiger partial charge in [-0.25, -0.2) is 14.8 Å². The zero-order valence-corrected chi connectivity index (χ0v) is 15.4. The molecule has 1 aliphatic rings. The van der Waals surface area contributed by atoms with Gasteiger partial charge in [0.25, 0.3) is 0 Å². The number of esters is 1. The predicted octanol–water partition coefficient (Wildman–Crippen LogP) is 2.68. The van der Waals surface area contributed by atoms with Crippen LogP contribution in [0.2, 0.25) is 0 Å². The molecule has 3 aromatic heterocycles. The number of nitrogens with one attached hydrogen (secondary N) is 1. The Bertz CT molecular complexity index is 942. The van der Waals surface area contributed by atoms with Crippen LogP contribution in [0.3, 0.4) is 0 Å². The van der Waals surface area contributed by atoms with E-state index in [2.05, 4.69) is 10.3 Å². The molecule has 0 saturated carbocycles. The van der Waals surface area contributed by atoms with Gasteiger partial charge in [-0.2, -0.15) is 0 Å². The second kappa shape index (κ2) is 7.05. The zero-order chi connectivity index (χ0) is 18.1. The Morgan fingerprint density at radius 1 is 1.54 bits per heavy atom. The molecule has 1 unspecified atom stereocenters. The van der Waals surface area contributed by atoms with Gasteiger partial charge in [0.2, 0.25) is 0 Å². The Balaban J connectivity index is 1.74. The highest BCUT2D eigenvalue weighted by molar-refractivity contribution is 7.13. The molecule has 26 heavy (non-hydrogen) atoms. The van der Waals surface area contributed by atoms with Gasteiger partial charge in [0.15, 0.2) is 11.5 Å². The quantitative estimate of drug-likeness (QED) is 0.685. The lowest BCUT2D eigenvalue weighted by Crippen LogP contribution is -2.28. The Labute approximate surface area is 155 Å². The first-order valence-corrected chi connectivity index (χ1v) is 9.65. The molecule has 1 fully saturated rings. The summed E-state index contributed by atoms with van der Waals surface area (Å²) in [4.78, 5) is 21.9. The first-order valence-electron chi connectivity index (χ1n) is 8.77. The average Bonchev–Trinajstić information content (AvgIpc) is 3.31. The number of thiophene rings is 1. The third kappa shape index (κ3) is 3.06. The summed E-state index contributed by atoms with van der Waals surface area (Å²) in [6.07, 6.45) is 6.04. The smallest absolute Gasteiger partial charge is 0.338 e. The van der Waals surface area contributed by atoms with Crippen molar-refractivity contribution in [3.63, 3.8) is 0 Å². The lowest BCUT2D eigenvalue weighted by molar-refractivity contribution is 0.0527. The van der Waals surface area contributed by atoms with E-state index in [4.69, 9.17) is 15.5 Å². The lowest BCUT2D eigenvalue weighted by Gasteiger charge is -2.20. The van der Waals surface area contributed by atoms with Crippen LogP contribution < -0.4 is 11.1 Å². The molecule has 136 valence electrons. The maximum absolute atomic E-state index is 11.9. The number of rotatable bonds is 4. The maximum Gasteiger partial charge on any atom is 0.338 e. The molecule has 3 aromatic rings. The van der Waals surface area contributed by atoms with Crippen LogP contribution in [0.1, 0.15) is 41.7 Å². The number of imidazole rings is 1. The first-order chi connectivity index (χ1) is 12.7. The monoisotopic (exact) mass is 371 g/mol. The Kier molecular flexibility index (Phi) is 4.60. The van der Waals surface area contributed by atoms with Gasteiger partial charge < -0.3 is 15.8 Å². The van der Waals surface area contributed by atoms with Crippen molar-refractivity contribution < 1.29 is 9.53 Å². The van der Waals surface area contributed by atoms with Gasteiger partial charge in [0.05, 0.1) is 34.6 Å². The number of fused-ring (bicyclic) bond motifs is 1. The average molecular weight is 371 g/mol. The fraction of sp³-hybridized carbons (Fsp3) is 0.389. The third-order valence-corrected chi connectivity index (χ3v) is 5.57. The lowest BCUT2D eigenvalue weighted by atomic mass is 9.97. The molecule has 1 aliphatic heterocycles. The van der Waals surface area contributed by atoms with Crippen LogP contribution in [-0.4, -0.2) is 40.0 Å². The molecule has 0 aromatic carbocycles. The minimum absolute atomic E-state index is 0.311. The molecule has 7 nitrogen and oxygen atoms in total. The number of hydrogen-bond donors (Lipinski definition) is 2. The van der Waals surface area contributed by atoms with E-state index in [0.29, 0.717) is 29.6 Å². The standard InChI is InChI=1S/C18H21N5O2S/c1-2-25-18(24)12-6-15(26-10-12)14-8-21-16(19)17-22-13(9-23(14)17)11-4-3-5-20-7-11/h6,8-11,20H,2-5,7H2,1H3,(H2,19,21). The van der Waals surface area contributed by atoms with E-state index < -0.39 is 0 Å². The predicted molar refractivity (Wildman–Crippen MR) is 102 cm³/mol. The SMILES string of the molecule is CCOC(=O)c1csc(-c2cnc(N)c3nc(C4CCCNC4)cn23)c1. The van der Waals surface area contributed by atoms with E-state index in [1.54, 1.807) is 18.5 Å². The highest BCUT2D eigenvalue weighted by Gasteiger charge is 2.21. The molecule has 8 heteroatoms. The van der Waals surface area contributed by atoms with Crippen molar-refractivity contribution in [3.8, 4) is 10.6 Å². The van der Waals surface area contributed by atoms with Gasteiger partial charge in [-0.3, -0.25) is 4.40 Å². The molecule has 4 rings (SSSR count). The summed E-state index contributed by atoms with van der Waals surface area (Å²) in [5, 5.41) is 5.22. The number of piperidine rings is 1. The van der Waals surface area contributed by atoms with Crippen molar-refractivity contribution in [3.05, 3.63) is 35.1 Å². The molecule has 0 aliphatic carbocycles. The van der Waals surface area contributed by atoms with Gasteiger partial charge in [0, 0.05) is 24.0 Å². The van der Waals surface area contributed by atoms with E-state index in [-0.39, 0.29) is 5.97 Å². The Morgan fingerprint density at radius 3 is 3.19 bits per heavy atom. The van der Waals surface area contributed by atoms with Crippen molar-refractivity contribution >= 4 is 28.8 Å². The molecule has 0 amide bonds. The van der Waals surface area contributed by atoms with Gasteiger partial charge in [-0.15, -0.1) is 11.3 Å². The van der Waals surface area contributed by atoms with Gasteiger partial charge in [0.1, 0.15) is 0 Å². The molecule has 0 radical (unpaired) electrons. The van der Waals surface area contributed by atoms with Crippen LogP contribution in [-0.2, 0) is 4.74 Å². The van der Waals surface area contributed by atoms with Crippen LogP contribution in [0.25, 0.3) is 16.2 Å². The molecule has 0 bridgehead atoms. The largest absolute Gasteiger partial charge is 0.462 e. The summed E-state index contributed by atoms with van der Waals surface area (Å²) in [7, 11) is 0. The molecule has 0 spiro atoms. The number of ether oxygens (including phenoxy) is 1. The number of anilines is 1. The number of hydrogen-bond acceptors (Lipinski definition) is 7. The topological polar surface area (TPSA) is 94.5 Å². The second-order valence-electron chi connectivity index (χ2n) is 6.35. The van der Waals surface area contributed by atoms with Gasteiger partial charge in [-0.1, -0.05) is 0 Å². The van der Waals surface area contributed by atoms with Crippen molar-refractivity contribution in [1.82, 2.24) is 19.7 Å². The van der Waals surface area contributed by atoms with E-state index in [1.165, 1.54) is 11.3 Å². The molecule has 1 atom stereocenters. The Morgan fingerprint density at radius 2 is 2.42 bits per heavy atom. The van der Waals surface area contributed by atoms with Crippen LogP contribution >= 0.6 is 11.3 Å². The number of carbonyl (C=O) groups excluding carboxylic acids is 1. The first kappa shape index (κ1) is 17.0. The van der Waals surface area contributed by atoms with E-state index in [1.807, 2.05) is 16.7 Å². The fourth-order valence-electron chi connectivity index (χ4n) is 3.29. The minimum Gasteiger partial charge on any atom is -0.462 e. The summed E-state index contributed by atoms with van der Waals surface area (Å²) < 4.78 is 7.05. The number of nitrogens with two attached hydrogens (primary N) is 1. The summed E-state index contributed by atoms with van der Waals surface area (Å²) in [6.45, 7) is 4.15. The van der Waals surface area contributed by atoms with E-state index in [9.17, 15) is 4.79 Å². The van der Waals surface area contributed by atoms with Crippen molar-refractivity contribution in [2.75, 3.05) is 25.4 Å². The van der Waals surface area contributed by atoms with Crippen LogP contribution in [0.15, 0.2) is 23.8 Å². The molecule has 4 heterocycles. The van der Waals surface area contributed by atoms with Crippen molar-refractivity contribution in [2.45, 2.75) is 25.7 Å². The summed E-state index contributed by atoms with van der Waals surface area (Å²) in [5.74, 6) is 0.481.